The van der Waals surface area contributed by atoms with Gasteiger partial charge in [-0.3, -0.25) is 4.79 Å². The third kappa shape index (κ3) is 5.14. The zero-order valence-electron chi connectivity index (χ0n) is 18.4. The van der Waals surface area contributed by atoms with Gasteiger partial charge in [-0.1, -0.05) is 6.07 Å². The Morgan fingerprint density at radius 1 is 1.06 bits per heavy atom. The number of aryl methyl sites for hydroxylation is 3. The maximum atomic E-state index is 12.7. The molecule has 3 aromatic rings. The Labute approximate surface area is 185 Å². The molecule has 2 aromatic heterocycles. The van der Waals surface area contributed by atoms with E-state index < -0.39 is 5.97 Å². The first kappa shape index (κ1) is 22.6. The fourth-order valence-corrected chi connectivity index (χ4v) is 4.11. The summed E-state index contributed by atoms with van der Waals surface area (Å²) in [6, 6.07) is 7.69. The molecule has 0 aliphatic rings. The predicted octanol–water partition coefficient (Wildman–Crippen LogP) is 4.17. The van der Waals surface area contributed by atoms with Crippen LogP contribution in [0.2, 0.25) is 0 Å². The van der Waals surface area contributed by atoms with Crippen molar-refractivity contribution in [1.82, 2.24) is 9.55 Å². The number of nitrogens with zero attached hydrogens (tertiary/aromatic N) is 2. The predicted molar refractivity (Wildman–Crippen MR) is 119 cm³/mol. The highest BCUT2D eigenvalue weighted by atomic mass is 32.1. The first-order valence-corrected chi connectivity index (χ1v) is 10.7. The average molecular weight is 443 g/mol. The van der Waals surface area contributed by atoms with Gasteiger partial charge in [0.25, 0.3) is 0 Å². The van der Waals surface area contributed by atoms with Gasteiger partial charge in [0.2, 0.25) is 5.78 Å². The number of benzene rings is 1. The molecule has 0 aliphatic heterocycles. The number of hydrogen-bond donors (Lipinski definition) is 0. The van der Waals surface area contributed by atoms with Gasteiger partial charge in [0, 0.05) is 23.5 Å². The molecular formula is C23H26N2O5S. The minimum Gasteiger partial charge on any atom is -0.493 e. The topological polar surface area (TPSA) is 79.7 Å². The summed E-state index contributed by atoms with van der Waals surface area (Å²) in [4.78, 5) is 29.2. The smallest absolute Gasteiger partial charge is 0.350 e. The van der Waals surface area contributed by atoms with Crippen LogP contribution >= 0.6 is 11.3 Å². The highest BCUT2D eigenvalue weighted by Crippen LogP contribution is 2.28. The molecule has 0 fully saturated rings. The van der Waals surface area contributed by atoms with Crippen LogP contribution in [0.1, 0.15) is 42.0 Å². The molecule has 0 spiro atoms. The summed E-state index contributed by atoms with van der Waals surface area (Å²) < 4.78 is 17.9. The monoisotopic (exact) mass is 442 g/mol. The van der Waals surface area contributed by atoms with Crippen molar-refractivity contribution in [2.75, 3.05) is 20.8 Å². The third-order valence-corrected chi connectivity index (χ3v) is 6.00. The van der Waals surface area contributed by atoms with Crippen molar-refractivity contribution in [2.24, 2.45) is 0 Å². The maximum Gasteiger partial charge on any atom is 0.350 e. The molecule has 7 nitrogen and oxygen atoms in total. The second kappa shape index (κ2) is 9.78. The quantitative estimate of drug-likeness (QED) is 0.366. The summed E-state index contributed by atoms with van der Waals surface area (Å²) in [5, 5.41) is 0.774. The van der Waals surface area contributed by atoms with Crippen LogP contribution in [0.15, 0.2) is 30.5 Å². The summed E-state index contributed by atoms with van der Waals surface area (Å²) in [5.41, 5.74) is 3.50. The Balaban J connectivity index is 1.66. The highest BCUT2D eigenvalue weighted by molar-refractivity contribution is 7.13. The van der Waals surface area contributed by atoms with E-state index >= 15 is 0 Å². The molecule has 8 heteroatoms. The molecule has 0 N–H and O–H groups in total. The van der Waals surface area contributed by atoms with Gasteiger partial charge in [-0.05, 0) is 51.0 Å². The number of ether oxygens (including phenoxy) is 3. The van der Waals surface area contributed by atoms with Crippen molar-refractivity contribution in [3.05, 3.63) is 62.9 Å². The largest absolute Gasteiger partial charge is 0.493 e. The first-order valence-electron chi connectivity index (χ1n) is 9.84. The number of thiazole rings is 1. The van der Waals surface area contributed by atoms with Gasteiger partial charge in [0.05, 0.1) is 25.4 Å². The van der Waals surface area contributed by atoms with Crippen LogP contribution in [-0.4, -0.2) is 42.1 Å². The third-order valence-electron chi connectivity index (χ3n) is 5.10. The van der Waals surface area contributed by atoms with E-state index in [4.69, 9.17) is 14.2 Å². The maximum absolute atomic E-state index is 12.7. The van der Waals surface area contributed by atoms with Crippen LogP contribution in [0.3, 0.4) is 0 Å². The number of carbonyl (C=O) groups excluding carboxylic acids is 2. The second-order valence-corrected chi connectivity index (χ2v) is 8.35. The van der Waals surface area contributed by atoms with E-state index in [9.17, 15) is 9.59 Å². The number of hydrogen-bond acceptors (Lipinski definition) is 7. The van der Waals surface area contributed by atoms with E-state index in [2.05, 4.69) is 9.55 Å². The molecule has 0 amide bonds. The van der Waals surface area contributed by atoms with Crippen LogP contribution in [-0.2, 0) is 17.7 Å². The van der Waals surface area contributed by atoms with E-state index in [1.165, 1.54) is 17.5 Å². The van der Waals surface area contributed by atoms with Gasteiger partial charge in [-0.25, -0.2) is 9.78 Å². The lowest BCUT2D eigenvalue weighted by Gasteiger charge is -2.12. The molecule has 0 radical (unpaired) electrons. The molecule has 0 aliphatic carbocycles. The van der Waals surface area contributed by atoms with Crippen LogP contribution in [0.25, 0.3) is 0 Å². The van der Waals surface area contributed by atoms with E-state index in [0.717, 1.165) is 28.4 Å². The standard InChI is InChI=1S/C23H26N2O5S/c1-14-10-18(19(26)13-30-23(27)22-12-24-16(3)31-22)15(2)25(14)9-8-17-6-7-20(28-4)21(11-17)29-5/h6-7,10-12H,8-9,13H2,1-5H3. The highest BCUT2D eigenvalue weighted by Gasteiger charge is 2.19. The molecule has 2 heterocycles. The fourth-order valence-electron chi connectivity index (χ4n) is 3.44. The van der Waals surface area contributed by atoms with Crippen molar-refractivity contribution in [2.45, 2.75) is 33.7 Å². The van der Waals surface area contributed by atoms with Crippen molar-refractivity contribution >= 4 is 23.1 Å². The number of rotatable bonds is 9. The van der Waals surface area contributed by atoms with Gasteiger partial charge in [0.1, 0.15) is 4.88 Å². The van der Waals surface area contributed by atoms with Gasteiger partial charge in [-0.2, -0.15) is 0 Å². The molecule has 31 heavy (non-hydrogen) atoms. The summed E-state index contributed by atoms with van der Waals surface area (Å²) in [7, 11) is 3.22. The van der Waals surface area contributed by atoms with Crippen molar-refractivity contribution < 1.29 is 23.8 Å². The van der Waals surface area contributed by atoms with E-state index in [-0.39, 0.29) is 12.4 Å². The van der Waals surface area contributed by atoms with Crippen LogP contribution in [0.4, 0.5) is 0 Å². The second-order valence-electron chi connectivity index (χ2n) is 7.12. The van der Waals surface area contributed by atoms with Crippen molar-refractivity contribution in [3.8, 4) is 11.5 Å². The molecule has 0 saturated carbocycles. The Morgan fingerprint density at radius 3 is 2.45 bits per heavy atom. The minimum atomic E-state index is -0.527. The molecule has 0 saturated heterocycles. The number of methoxy groups -OCH3 is 2. The van der Waals surface area contributed by atoms with Crippen molar-refractivity contribution in [1.29, 1.82) is 0 Å². The van der Waals surface area contributed by atoms with E-state index in [1.807, 2.05) is 45.0 Å². The van der Waals surface area contributed by atoms with Crippen LogP contribution in [0.5, 0.6) is 11.5 Å². The summed E-state index contributed by atoms with van der Waals surface area (Å²) in [6.45, 7) is 6.09. The Morgan fingerprint density at radius 2 is 1.81 bits per heavy atom. The lowest BCUT2D eigenvalue weighted by atomic mass is 10.1. The van der Waals surface area contributed by atoms with Gasteiger partial charge < -0.3 is 18.8 Å². The molecule has 0 bridgehead atoms. The Kier molecular flexibility index (Phi) is 7.12. The molecule has 1 aromatic carbocycles. The van der Waals surface area contributed by atoms with Crippen molar-refractivity contribution in [3.63, 3.8) is 0 Å². The van der Waals surface area contributed by atoms with Gasteiger partial charge >= 0.3 is 5.97 Å². The Hall–Kier alpha value is -3.13. The zero-order chi connectivity index (χ0) is 22.5. The van der Waals surface area contributed by atoms with E-state index in [1.54, 1.807) is 14.2 Å². The number of ketones is 1. The number of carbonyl (C=O) groups is 2. The fraction of sp³-hybridized carbons (Fsp3) is 0.348. The number of aromatic nitrogens is 2. The lowest BCUT2D eigenvalue weighted by molar-refractivity contribution is 0.0479. The summed E-state index contributed by atoms with van der Waals surface area (Å²) in [5.74, 6) is 0.631. The number of esters is 1. The van der Waals surface area contributed by atoms with E-state index in [0.29, 0.717) is 28.5 Å². The molecule has 0 unspecified atom stereocenters. The molecule has 3 rings (SSSR count). The lowest BCUT2D eigenvalue weighted by Crippen LogP contribution is -2.14. The Bertz CT molecular complexity index is 1100. The van der Waals surface area contributed by atoms with Gasteiger partial charge in [0.15, 0.2) is 18.1 Å². The summed E-state index contributed by atoms with van der Waals surface area (Å²) in [6.07, 6.45) is 2.23. The number of Topliss-reactive ketones (excluding diaryl/α,β-unsaturated/α-hetero) is 1. The molecule has 164 valence electrons. The molecule has 0 atom stereocenters. The van der Waals surface area contributed by atoms with Crippen LogP contribution < -0.4 is 9.47 Å². The zero-order valence-corrected chi connectivity index (χ0v) is 19.2. The SMILES string of the molecule is COc1ccc(CCn2c(C)cc(C(=O)COC(=O)c3cnc(C)s3)c2C)cc1OC. The average Bonchev–Trinajstić information content (AvgIpc) is 3.32. The van der Waals surface area contributed by atoms with Gasteiger partial charge in [-0.15, -0.1) is 11.3 Å². The first-order chi connectivity index (χ1) is 14.8. The molecular weight excluding hydrogens is 416 g/mol. The van der Waals surface area contributed by atoms with Crippen LogP contribution in [0, 0.1) is 20.8 Å². The summed E-state index contributed by atoms with van der Waals surface area (Å²) >= 11 is 1.24. The normalized spacial score (nSPS) is 10.7. The minimum absolute atomic E-state index is 0.222.